The molecule has 1 fully saturated rings. The number of carbonyl (C=O) groups excluding carboxylic acids is 1. The summed E-state index contributed by atoms with van der Waals surface area (Å²) in [5.74, 6) is 0.696. The number of hydrogen-bond donors (Lipinski definition) is 1. The van der Waals surface area contributed by atoms with Crippen LogP contribution in [0.1, 0.15) is 47.0 Å². The molecule has 0 bridgehead atoms. The van der Waals surface area contributed by atoms with Crippen LogP contribution < -0.4 is 9.46 Å². The molecule has 0 aliphatic carbocycles. The Labute approximate surface area is 157 Å². The van der Waals surface area contributed by atoms with E-state index in [1.54, 1.807) is 17.0 Å². The highest BCUT2D eigenvalue weighted by Gasteiger charge is 2.31. The van der Waals surface area contributed by atoms with Crippen LogP contribution in [0.4, 0.5) is 0 Å². The third-order valence-corrected chi connectivity index (χ3v) is 5.71. The quantitative estimate of drug-likeness (QED) is 0.750. The molecule has 1 aliphatic rings. The second kappa shape index (κ2) is 8.86. The summed E-state index contributed by atoms with van der Waals surface area (Å²) >= 11 is 0. The predicted octanol–water partition coefficient (Wildman–Crippen LogP) is 2.79. The van der Waals surface area contributed by atoms with Crippen LogP contribution in [-0.4, -0.2) is 44.5 Å². The second-order valence-electron chi connectivity index (χ2n) is 7.47. The number of sulfonamides is 1. The lowest BCUT2D eigenvalue weighted by Gasteiger charge is -2.25. The van der Waals surface area contributed by atoms with Crippen molar-refractivity contribution in [1.29, 1.82) is 0 Å². The van der Waals surface area contributed by atoms with E-state index >= 15 is 0 Å². The predicted molar refractivity (Wildman–Crippen MR) is 102 cm³/mol. The third kappa shape index (κ3) is 5.71. The van der Waals surface area contributed by atoms with Crippen LogP contribution in [0.25, 0.3) is 0 Å². The van der Waals surface area contributed by atoms with E-state index in [0.717, 1.165) is 12.8 Å². The Morgan fingerprint density at radius 3 is 2.19 bits per heavy atom. The van der Waals surface area contributed by atoms with Crippen LogP contribution in [0.5, 0.6) is 5.75 Å². The first-order valence-electron chi connectivity index (χ1n) is 9.27. The Hall–Kier alpha value is -1.60. The molecule has 0 unspecified atom stereocenters. The van der Waals surface area contributed by atoms with Gasteiger partial charge in [0.05, 0.1) is 11.0 Å². The number of ether oxygens (including phenoxy) is 1. The average Bonchev–Trinajstić information content (AvgIpc) is 3.07. The standard InChI is InChI=1S/C19H30N2O4S/c1-14(2)13-18(19(22)21-11-5-6-12-21)20-26(23,24)17-9-7-16(8-10-17)25-15(3)4/h7-10,14-15,18,20H,5-6,11-13H2,1-4H3/t18-/m0/s1. The van der Waals surface area contributed by atoms with E-state index in [2.05, 4.69) is 4.72 Å². The van der Waals surface area contributed by atoms with E-state index in [9.17, 15) is 13.2 Å². The van der Waals surface area contributed by atoms with Gasteiger partial charge in [0.2, 0.25) is 15.9 Å². The molecule has 1 heterocycles. The highest BCUT2D eigenvalue weighted by molar-refractivity contribution is 7.89. The summed E-state index contributed by atoms with van der Waals surface area (Å²) in [5, 5.41) is 0. The molecule has 0 radical (unpaired) electrons. The van der Waals surface area contributed by atoms with Crippen molar-refractivity contribution in [2.75, 3.05) is 13.1 Å². The van der Waals surface area contributed by atoms with Crippen molar-refractivity contribution in [1.82, 2.24) is 9.62 Å². The lowest BCUT2D eigenvalue weighted by Crippen LogP contribution is -2.48. The smallest absolute Gasteiger partial charge is 0.241 e. The number of amides is 1. The summed E-state index contributed by atoms with van der Waals surface area (Å²) in [6.07, 6.45) is 2.45. The molecule has 1 aliphatic heterocycles. The number of carbonyl (C=O) groups is 1. The number of hydrogen-bond acceptors (Lipinski definition) is 4. The minimum absolute atomic E-state index is 0.0177. The molecule has 0 spiro atoms. The van der Waals surface area contributed by atoms with E-state index < -0.39 is 16.1 Å². The van der Waals surface area contributed by atoms with Gasteiger partial charge < -0.3 is 9.64 Å². The van der Waals surface area contributed by atoms with E-state index in [4.69, 9.17) is 4.74 Å². The zero-order chi connectivity index (χ0) is 19.3. The van der Waals surface area contributed by atoms with Crippen molar-refractivity contribution in [2.24, 2.45) is 5.92 Å². The van der Waals surface area contributed by atoms with Gasteiger partial charge in [0.1, 0.15) is 11.8 Å². The van der Waals surface area contributed by atoms with E-state index in [1.807, 2.05) is 27.7 Å². The first kappa shape index (κ1) is 20.7. The van der Waals surface area contributed by atoms with Gasteiger partial charge in [-0.1, -0.05) is 13.8 Å². The molecule has 1 saturated heterocycles. The maximum atomic E-state index is 12.8. The van der Waals surface area contributed by atoms with Crippen molar-refractivity contribution in [2.45, 2.75) is 64.0 Å². The highest BCUT2D eigenvalue weighted by atomic mass is 32.2. The van der Waals surface area contributed by atoms with Crippen LogP contribution in [-0.2, 0) is 14.8 Å². The lowest BCUT2D eigenvalue weighted by atomic mass is 10.0. The molecule has 1 aromatic carbocycles. The van der Waals surface area contributed by atoms with Crippen molar-refractivity contribution < 1.29 is 17.9 Å². The molecular weight excluding hydrogens is 352 g/mol. The number of nitrogens with one attached hydrogen (secondary N) is 1. The maximum Gasteiger partial charge on any atom is 0.241 e. The molecule has 1 atom stereocenters. The Morgan fingerprint density at radius 2 is 1.69 bits per heavy atom. The fourth-order valence-corrected chi connectivity index (χ4v) is 4.26. The fourth-order valence-electron chi connectivity index (χ4n) is 3.05. The molecule has 1 amide bonds. The normalized spacial score (nSPS) is 16.3. The van der Waals surface area contributed by atoms with Gasteiger partial charge in [-0.3, -0.25) is 4.79 Å². The van der Waals surface area contributed by atoms with Gasteiger partial charge in [0.15, 0.2) is 0 Å². The van der Waals surface area contributed by atoms with Gasteiger partial charge in [-0.15, -0.1) is 0 Å². The Balaban J connectivity index is 2.15. The van der Waals surface area contributed by atoms with Gasteiger partial charge >= 0.3 is 0 Å². The average molecular weight is 383 g/mol. The molecule has 2 rings (SSSR count). The number of rotatable bonds is 8. The van der Waals surface area contributed by atoms with Gasteiger partial charge in [0.25, 0.3) is 0 Å². The summed E-state index contributed by atoms with van der Waals surface area (Å²) in [4.78, 5) is 14.6. The lowest BCUT2D eigenvalue weighted by molar-refractivity contribution is -0.132. The molecule has 6 nitrogen and oxygen atoms in total. The van der Waals surface area contributed by atoms with Gasteiger partial charge in [-0.05, 0) is 63.3 Å². The summed E-state index contributed by atoms with van der Waals surface area (Å²) < 4.78 is 33.7. The molecule has 7 heteroatoms. The summed E-state index contributed by atoms with van der Waals surface area (Å²) in [6, 6.07) is 5.55. The van der Waals surface area contributed by atoms with Crippen LogP contribution in [0.15, 0.2) is 29.2 Å². The van der Waals surface area contributed by atoms with Crippen molar-refractivity contribution >= 4 is 15.9 Å². The molecule has 1 N–H and O–H groups in total. The first-order valence-corrected chi connectivity index (χ1v) is 10.7. The van der Waals surface area contributed by atoms with Crippen LogP contribution >= 0.6 is 0 Å². The zero-order valence-electron chi connectivity index (χ0n) is 16.1. The second-order valence-corrected chi connectivity index (χ2v) is 9.19. The van der Waals surface area contributed by atoms with Crippen molar-refractivity contribution in [3.63, 3.8) is 0 Å². The maximum absolute atomic E-state index is 12.8. The highest BCUT2D eigenvalue weighted by Crippen LogP contribution is 2.19. The Morgan fingerprint density at radius 1 is 1.12 bits per heavy atom. The minimum Gasteiger partial charge on any atom is -0.491 e. The van der Waals surface area contributed by atoms with Crippen LogP contribution in [0, 0.1) is 5.92 Å². The van der Waals surface area contributed by atoms with Gasteiger partial charge in [-0.25, -0.2) is 8.42 Å². The Bertz CT molecular complexity index is 693. The molecule has 0 saturated carbocycles. The Kier molecular flexibility index (Phi) is 7.06. The van der Waals surface area contributed by atoms with Gasteiger partial charge in [-0.2, -0.15) is 4.72 Å². The topological polar surface area (TPSA) is 75.7 Å². The van der Waals surface area contributed by atoms with E-state index in [-0.39, 0.29) is 22.8 Å². The van der Waals surface area contributed by atoms with Gasteiger partial charge in [0, 0.05) is 13.1 Å². The van der Waals surface area contributed by atoms with Crippen LogP contribution in [0.3, 0.4) is 0 Å². The van der Waals surface area contributed by atoms with Crippen LogP contribution in [0.2, 0.25) is 0 Å². The fraction of sp³-hybridized carbons (Fsp3) is 0.632. The molecule has 0 aromatic heterocycles. The molecule has 1 aromatic rings. The summed E-state index contributed by atoms with van der Waals surface area (Å²) in [5.41, 5.74) is 0. The van der Waals surface area contributed by atoms with Crippen molar-refractivity contribution in [3.05, 3.63) is 24.3 Å². The monoisotopic (exact) mass is 382 g/mol. The number of benzene rings is 1. The minimum atomic E-state index is -3.78. The van der Waals surface area contributed by atoms with E-state index in [1.165, 1.54) is 12.1 Å². The molecule has 146 valence electrons. The molecule has 26 heavy (non-hydrogen) atoms. The van der Waals surface area contributed by atoms with Crippen molar-refractivity contribution in [3.8, 4) is 5.75 Å². The first-order chi connectivity index (χ1) is 12.2. The third-order valence-electron chi connectivity index (χ3n) is 4.23. The SMILES string of the molecule is CC(C)C[C@H](NS(=O)(=O)c1ccc(OC(C)C)cc1)C(=O)N1CCCC1. The largest absolute Gasteiger partial charge is 0.491 e. The van der Waals surface area contributed by atoms with E-state index in [0.29, 0.717) is 25.3 Å². The number of nitrogens with zero attached hydrogens (tertiary/aromatic N) is 1. The zero-order valence-corrected chi connectivity index (χ0v) is 16.9. The summed E-state index contributed by atoms with van der Waals surface area (Å²) in [6.45, 7) is 9.19. The molecular formula is C19H30N2O4S. The summed E-state index contributed by atoms with van der Waals surface area (Å²) in [7, 11) is -3.78. The number of likely N-dealkylation sites (tertiary alicyclic amines) is 1.